The molecule has 0 atom stereocenters. The summed E-state index contributed by atoms with van der Waals surface area (Å²) >= 11 is 3.31. The molecule has 3 heteroatoms. The summed E-state index contributed by atoms with van der Waals surface area (Å²) in [6.45, 7) is 0. The molecule has 0 spiro atoms. The number of carbonyl (C=O) groups is 1. The molecule has 0 saturated heterocycles. The van der Waals surface area contributed by atoms with Gasteiger partial charge in [-0.2, -0.15) is 0 Å². The molecule has 0 bridgehead atoms. The first-order valence-electron chi connectivity index (χ1n) is 3.45. The van der Waals surface area contributed by atoms with Crippen molar-refractivity contribution in [1.82, 2.24) is 4.98 Å². The molecule has 0 N–H and O–H groups in total. The Bertz CT molecular complexity index is 322. The minimum atomic E-state index is 0.239. The Balaban J connectivity index is 2.66. The van der Waals surface area contributed by atoms with Crippen LogP contribution in [0.4, 0.5) is 0 Å². The van der Waals surface area contributed by atoms with Gasteiger partial charge in [0.1, 0.15) is 4.60 Å². The molecule has 0 saturated carbocycles. The molecule has 0 fully saturated rings. The zero-order valence-corrected chi connectivity index (χ0v) is 7.39. The lowest BCUT2D eigenvalue weighted by molar-refractivity contribution is 0.0994. The fraction of sp³-hybridized carbons (Fsp3) is 0.250. The van der Waals surface area contributed by atoms with E-state index in [4.69, 9.17) is 0 Å². The number of pyridine rings is 1. The standard InChI is InChI=1S/C8H6BrNO/c9-8-6-1-2-7(11)5(6)3-4-10-8/h3-4H,1-2H2. The molecule has 2 rings (SSSR count). The lowest BCUT2D eigenvalue weighted by Crippen LogP contribution is -1.91. The zero-order chi connectivity index (χ0) is 7.84. The van der Waals surface area contributed by atoms with Crippen LogP contribution in [0.3, 0.4) is 0 Å². The van der Waals surface area contributed by atoms with Gasteiger partial charge in [-0.25, -0.2) is 4.98 Å². The minimum Gasteiger partial charge on any atom is -0.294 e. The molecular formula is C8H6BrNO. The molecule has 1 aromatic rings. The number of rotatable bonds is 0. The van der Waals surface area contributed by atoms with Crippen LogP contribution in [0.25, 0.3) is 0 Å². The van der Waals surface area contributed by atoms with E-state index >= 15 is 0 Å². The van der Waals surface area contributed by atoms with Crippen molar-refractivity contribution in [3.05, 3.63) is 28.0 Å². The summed E-state index contributed by atoms with van der Waals surface area (Å²) in [5.41, 5.74) is 1.91. The van der Waals surface area contributed by atoms with Gasteiger partial charge in [-0.05, 0) is 34.0 Å². The second kappa shape index (κ2) is 2.41. The minimum absolute atomic E-state index is 0.239. The predicted molar refractivity (Wildman–Crippen MR) is 44.6 cm³/mol. The molecule has 11 heavy (non-hydrogen) atoms. The second-order valence-corrected chi connectivity index (χ2v) is 3.30. The topological polar surface area (TPSA) is 30.0 Å². The van der Waals surface area contributed by atoms with E-state index in [2.05, 4.69) is 20.9 Å². The summed E-state index contributed by atoms with van der Waals surface area (Å²) in [6.07, 6.45) is 3.13. The Morgan fingerprint density at radius 1 is 1.45 bits per heavy atom. The van der Waals surface area contributed by atoms with Crippen molar-refractivity contribution in [2.24, 2.45) is 0 Å². The third kappa shape index (κ3) is 0.997. The third-order valence-electron chi connectivity index (χ3n) is 1.91. The van der Waals surface area contributed by atoms with Gasteiger partial charge < -0.3 is 0 Å². The van der Waals surface area contributed by atoms with Crippen molar-refractivity contribution >= 4 is 21.7 Å². The van der Waals surface area contributed by atoms with Crippen molar-refractivity contribution in [2.45, 2.75) is 12.8 Å². The molecule has 1 aliphatic rings. The van der Waals surface area contributed by atoms with Crippen LogP contribution >= 0.6 is 15.9 Å². The summed E-state index contributed by atoms with van der Waals surface area (Å²) in [6, 6.07) is 1.79. The van der Waals surface area contributed by atoms with Gasteiger partial charge in [0.2, 0.25) is 0 Å². The monoisotopic (exact) mass is 211 g/mol. The van der Waals surface area contributed by atoms with Gasteiger partial charge >= 0.3 is 0 Å². The lowest BCUT2D eigenvalue weighted by atomic mass is 10.2. The molecule has 0 amide bonds. The number of nitrogens with zero attached hydrogens (tertiary/aromatic N) is 1. The Kier molecular flexibility index (Phi) is 1.53. The van der Waals surface area contributed by atoms with Crippen LogP contribution in [0.1, 0.15) is 22.3 Å². The number of fused-ring (bicyclic) bond motifs is 1. The summed E-state index contributed by atoms with van der Waals surface area (Å²) in [7, 11) is 0. The quantitative estimate of drug-likeness (QED) is 0.615. The Morgan fingerprint density at radius 3 is 3.00 bits per heavy atom. The fourth-order valence-corrected chi connectivity index (χ4v) is 1.87. The Labute approximate surface area is 72.8 Å². The molecule has 2 nitrogen and oxygen atoms in total. The van der Waals surface area contributed by atoms with E-state index in [0.29, 0.717) is 6.42 Å². The highest BCUT2D eigenvalue weighted by Crippen LogP contribution is 2.26. The number of hydrogen-bond donors (Lipinski definition) is 0. The predicted octanol–water partition coefficient (Wildman–Crippen LogP) is 1.97. The van der Waals surface area contributed by atoms with Gasteiger partial charge in [0.05, 0.1) is 0 Å². The van der Waals surface area contributed by atoms with Crippen molar-refractivity contribution < 1.29 is 4.79 Å². The van der Waals surface area contributed by atoms with Crippen LogP contribution in [0.5, 0.6) is 0 Å². The van der Waals surface area contributed by atoms with Gasteiger partial charge in [0, 0.05) is 18.2 Å². The van der Waals surface area contributed by atoms with Gasteiger partial charge in [-0.1, -0.05) is 0 Å². The molecule has 1 aromatic heterocycles. The third-order valence-corrected chi connectivity index (χ3v) is 2.59. The molecule has 0 radical (unpaired) electrons. The highest BCUT2D eigenvalue weighted by atomic mass is 79.9. The highest BCUT2D eigenvalue weighted by Gasteiger charge is 2.21. The van der Waals surface area contributed by atoms with Crippen LogP contribution in [0.15, 0.2) is 16.9 Å². The van der Waals surface area contributed by atoms with E-state index in [0.717, 1.165) is 22.2 Å². The fourth-order valence-electron chi connectivity index (χ4n) is 1.34. The van der Waals surface area contributed by atoms with E-state index in [1.807, 2.05) is 0 Å². The van der Waals surface area contributed by atoms with Crippen LogP contribution in [-0.4, -0.2) is 10.8 Å². The maximum Gasteiger partial charge on any atom is 0.163 e. The summed E-state index contributed by atoms with van der Waals surface area (Å²) in [5.74, 6) is 0.239. The SMILES string of the molecule is O=C1CCc2c1ccnc2Br. The average molecular weight is 212 g/mol. The van der Waals surface area contributed by atoms with Crippen LogP contribution in [0, 0.1) is 0 Å². The van der Waals surface area contributed by atoms with Gasteiger partial charge in [0.15, 0.2) is 5.78 Å². The van der Waals surface area contributed by atoms with E-state index in [1.165, 1.54) is 0 Å². The number of ketones is 1. The van der Waals surface area contributed by atoms with E-state index < -0.39 is 0 Å². The first kappa shape index (κ1) is 6.98. The summed E-state index contributed by atoms with van der Waals surface area (Å²) < 4.78 is 0.820. The van der Waals surface area contributed by atoms with Crippen molar-refractivity contribution in [3.8, 4) is 0 Å². The number of halogens is 1. The molecular weight excluding hydrogens is 206 g/mol. The van der Waals surface area contributed by atoms with E-state index in [1.54, 1.807) is 12.3 Å². The van der Waals surface area contributed by atoms with Crippen molar-refractivity contribution in [1.29, 1.82) is 0 Å². The molecule has 0 aliphatic heterocycles. The van der Waals surface area contributed by atoms with Crippen molar-refractivity contribution in [3.63, 3.8) is 0 Å². The number of aromatic nitrogens is 1. The first-order valence-corrected chi connectivity index (χ1v) is 4.25. The molecule has 56 valence electrons. The Hall–Kier alpha value is -0.700. The zero-order valence-electron chi connectivity index (χ0n) is 5.80. The smallest absolute Gasteiger partial charge is 0.163 e. The number of hydrogen-bond acceptors (Lipinski definition) is 2. The molecule has 0 aromatic carbocycles. The average Bonchev–Trinajstić information content (AvgIpc) is 2.35. The maximum absolute atomic E-state index is 11.2. The van der Waals surface area contributed by atoms with Crippen LogP contribution in [0.2, 0.25) is 0 Å². The number of Topliss-reactive ketones (excluding diaryl/α,β-unsaturated/α-hetero) is 1. The first-order chi connectivity index (χ1) is 5.29. The molecule has 1 heterocycles. The van der Waals surface area contributed by atoms with Gasteiger partial charge in [-0.15, -0.1) is 0 Å². The maximum atomic E-state index is 11.2. The van der Waals surface area contributed by atoms with Gasteiger partial charge in [0.25, 0.3) is 0 Å². The van der Waals surface area contributed by atoms with Crippen LogP contribution in [-0.2, 0) is 6.42 Å². The summed E-state index contributed by atoms with van der Waals surface area (Å²) in [5, 5.41) is 0. The summed E-state index contributed by atoms with van der Waals surface area (Å²) in [4.78, 5) is 15.2. The number of carbonyl (C=O) groups excluding carboxylic acids is 1. The normalized spacial score (nSPS) is 15.2. The second-order valence-electron chi connectivity index (χ2n) is 2.55. The molecule has 1 aliphatic carbocycles. The van der Waals surface area contributed by atoms with E-state index in [9.17, 15) is 4.79 Å². The van der Waals surface area contributed by atoms with Gasteiger partial charge in [-0.3, -0.25) is 4.79 Å². The largest absolute Gasteiger partial charge is 0.294 e. The van der Waals surface area contributed by atoms with Crippen molar-refractivity contribution in [2.75, 3.05) is 0 Å². The molecule has 0 unspecified atom stereocenters. The Morgan fingerprint density at radius 2 is 2.27 bits per heavy atom. The van der Waals surface area contributed by atoms with Crippen LogP contribution < -0.4 is 0 Å². The highest BCUT2D eigenvalue weighted by molar-refractivity contribution is 9.10. The lowest BCUT2D eigenvalue weighted by Gasteiger charge is -1.96. The van der Waals surface area contributed by atoms with E-state index in [-0.39, 0.29) is 5.78 Å².